The second-order valence-electron chi connectivity index (χ2n) is 5.30. The summed E-state index contributed by atoms with van der Waals surface area (Å²) in [6.07, 6.45) is 2.31. The third kappa shape index (κ3) is 2.43. The van der Waals surface area contributed by atoms with Crippen molar-refractivity contribution in [3.8, 4) is 0 Å². The first-order valence-electron chi connectivity index (χ1n) is 6.88. The number of carbonyl (C=O) groups is 1. The number of hydrogen-bond acceptors (Lipinski definition) is 3. The number of aryl methyl sites for hydroxylation is 1. The van der Waals surface area contributed by atoms with Crippen molar-refractivity contribution in [2.24, 2.45) is 5.92 Å². The van der Waals surface area contributed by atoms with Crippen LogP contribution in [0.2, 0.25) is 0 Å². The Hall–Kier alpha value is -0.870. The van der Waals surface area contributed by atoms with Gasteiger partial charge in [-0.2, -0.15) is 0 Å². The lowest BCUT2D eigenvalue weighted by Crippen LogP contribution is -2.51. The van der Waals surface area contributed by atoms with Crippen LogP contribution in [0.3, 0.4) is 0 Å². The van der Waals surface area contributed by atoms with Crippen LogP contribution in [0.5, 0.6) is 0 Å². The highest BCUT2D eigenvalue weighted by Gasteiger charge is 2.40. The van der Waals surface area contributed by atoms with E-state index in [1.165, 1.54) is 17.5 Å². The van der Waals surface area contributed by atoms with Crippen molar-refractivity contribution in [2.75, 3.05) is 19.7 Å². The molecule has 1 saturated heterocycles. The highest BCUT2D eigenvalue weighted by Crippen LogP contribution is 2.40. The molecule has 2 aliphatic rings. The first-order chi connectivity index (χ1) is 9.19. The standard InChI is InChI=1S/C15H18BrNO2/c1-2-19-15(18)11-8-17(9-11)14-6-3-10-7-12(16)4-5-13(10)14/h4-5,7,11,14H,2-3,6,8-9H2,1H3. The number of carbonyl (C=O) groups excluding carboxylic acids is 1. The summed E-state index contributed by atoms with van der Waals surface area (Å²) >= 11 is 3.52. The Morgan fingerprint density at radius 3 is 3.00 bits per heavy atom. The van der Waals surface area contributed by atoms with Crippen LogP contribution in [0, 0.1) is 5.92 Å². The van der Waals surface area contributed by atoms with Crippen LogP contribution in [-0.4, -0.2) is 30.6 Å². The zero-order valence-electron chi connectivity index (χ0n) is 11.1. The van der Waals surface area contributed by atoms with Gasteiger partial charge in [0, 0.05) is 23.6 Å². The van der Waals surface area contributed by atoms with Crippen LogP contribution in [0.1, 0.15) is 30.5 Å². The molecule has 0 radical (unpaired) electrons. The van der Waals surface area contributed by atoms with E-state index in [1.54, 1.807) is 0 Å². The number of hydrogen-bond donors (Lipinski definition) is 0. The van der Waals surface area contributed by atoms with Crippen LogP contribution < -0.4 is 0 Å². The second kappa shape index (κ2) is 5.25. The molecule has 1 aromatic carbocycles. The highest BCUT2D eigenvalue weighted by atomic mass is 79.9. The van der Waals surface area contributed by atoms with E-state index in [9.17, 15) is 4.79 Å². The summed E-state index contributed by atoms with van der Waals surface area (Å²) in [5, 5.41) is 0. The predicted octanol–water partition coefficient (Wildman–Crippen LogP) is 2.93. The Morgan fingerprint density at radius 2 is 2.26 bits per heavy atom. The Kier molecular flexibility index (Phi) is 3.63. The monoisotopic (exact) mass is 323 g/mol. The van der Waals surface area contributed by atoms with E-state index < -0.39 is 0 Å². The van der Waals surface area contributed by atoms with Gasteiger partial charge < -0.3 is 4.74 Å². The fourth-order valence-corrected chi connectivity index (χ4v) is 3.53. The minimum Gasteiger partial charge on any atom is -0.466 e. The average molecular weight is 324 g/mol. The van der Waals surface area contributed by atoms with Gasteiger partial charge in [0.05, 0.1) is 12.5 Å². The maximum Gasteiger partial charge on any atom is 0.311 e. The Bertz CT molecular complexity index is 497. The molecule has 0 bridgehead atoms. The van der Waals surface area contributed by atoms with Gasteiger partial charge in [0.25, 0.3) is 0 Å². The summed E-state index contributed by atoms with van der Waals surface area (Å²) in [5.41, 5.74) is 2.88. The van der Waals surface area contributed by atoms with Gasteiger partial charge in [0.2, 0.25) is 0 Å². The minimum absolute atomic E-state index is 0.0345. The lowest BCUT2D eigenvalue weighted by atomic mass is 9.95. The van der Waals surface area contributed by atoms with Gasteiger partial charge >= 0.3 is 5.97 Å². The largest absolute Gasteiger partial charge is 0.466 e. The van der Waals surface area contributed by atoms with Gasteiger partial charge in [-0.15, -0.1) is 0 Å². The molecule has 4 heteroatoms. The van der Waals surface area contributed by atoms with Crippen molar-refractivity contribution in [3.63, 3.8) is 0 Å². The topological polar surface area (TPSA) is 29.5 Å². The van der Waals surface area contributed by atoms with Crippen LogP contribution >= 0.6 is 15.9 Å². The van der Waals surface area contributed by atoms with E-state index >= 15 is 0 Å². The molecule has 0 amide bonds. The van der Waals surface area contributed by atoms with E-state index in [2.05, 4.69) is 39.0 Å². The number of nitrogens with zero attached hydrogens (tertiary/aromatic N) is 1. The Morgan fingerprint density at radius 1 is 1.47 bits per heavy atom. The summed E-state index contributed by atoms with van der Waals surface area (Å²) in [6.45, 7) is 4.03. The zero-order chi connectivity index (χ0) is 13.4. The first kappa shape index (κ1) is 13.1. The van der Waals surface area contributed by atoms with Crippen molar-refractivity contribution < 1.29 is 9.53 Å². The van der Waals surface area contributed by atoms with Crippen molar-refractivity contribution >= 4 is 21.9 Å². The number of ether oxygens (including phenoxy) is 1. The third-order valence-corrected chi connectivity index (χ3v) is 4.61. The molecule has 0 N–H and O–H groups in total. The van der Waals surface area contributed by atoms with Crippen LogP contribution in [0.4, 0.5) is 0 Å². The van der Waals surface area contributed by atoms with Crippen molar-refractivity contribution in [3.05, 3.63) is 33.8 Å². The Balaban J connectivity index is 1.64. The molecule has 1 aliphatic heterocycles. The molecule has 0 saturated carbocycles. The predicted molar refractivity (Wildman–Crippen MR) is 76.9 cm³/mol. The lowest BCUT2D eigenvalue weighted by Gasteiger charge is -2.42. The summed E-state index contributed by atoms with van der Waals surface area (Å²) < 4.78 is 6.22. The van der Waals surface area contributed by atoms with Crippen molar-refractivity contribution in [2.45, 2.75) is 25.8 Å². The molecule has 102 valence electrons. The molecule has 3 nitrogen and oxygen atoms in total. The first-order valence-corrected chi connectivity index (χ1v) is 7.67. The zero-order valence-corrected chi connectivity index (χ0v) is 12.6. The number of rotatable bonds is 3. The Labute approximate surface area is 122 Å². The number of likely N-dealkylation sites (tertiary alicyclic amines) is 1. The maximum atomic E-state index is 11.6. The number of esters is 1. The molecule has 1 unspecified atom stereocenters. The number of halogens is 1. The normalized spacial score (nSPS) is 22.9. The fourth-order valence-electron chi connectivity index (χ4n) is 3.12. The van der Waals surface area contributed by atoms with Crippen molar-refractivity contribution in [1.82, 2.24) is 4.90 Å². The summed E-state index contributed by atoms with van der Waals surface area (Å²) in [5.74, 6) is 0.0484. The average Bonchev–Trinajstić information content (AvgIpc) is 2.70. The molecule has 19 heavy (non-hydrogen) atoms. The van der Waals surface area contributed by atoms with Gasteiger partial charge in [-0.1, -0.05) is 22.0 Å². The number of fused-ring (bicyclic) bond motifs is 1. The maximum absolute atomic E-state index is 11.6. The summed E-state index contributed by atoms with van der Waals surface area (Å²) in [4.78, 5) is 14.0. The molecule has 1 aromatic rings. The van der Waals surface area contributed by atoms with Crippen molar-refractivity contribution in [1.29, 1.82) is 0 Å². The molecule has 0 aromatic heterocycles. The SMILES string of the molecule is CCOC(=O)C1CN(C2CCc3cc(Br)ccc32)C1. The fraction of sp³-hybridized carbons (Fsp3) is 0.533. The highest BCUT2D eigenvalue weighted by molar-refractivity contribution is 9.10. The van der Waals surface area contributed by atoms with Crippen LogP contribution in [0.25, 0.3) is 0 Å². The lowest BCUT2D eigenvalue weighted by molar-refractivity contribution is -0.155. The quantitative estimate of drug-likeness (QED) is 0.801. The van der Waals surface area contributed by atoms with E-state index in [4.69, 9.17) is 4.74 Å². The second-order valence-corrected chi connectivity index (χ2v) is 6.22. The van der Waals surface area contributed by atoms with Gasteiger partial charge in [0.1, 0.15) is 0 Å². The van der Waals surface area contributed by atoms with Gasteiger partial charge in [0.15, 0.2) is 0 Å². The molecule has 1 heterocycles. The molecular formula is C15H18BrNO2. The van der Waals surface area contributed by atoms with E-state index in [0.717, 1.165) is 24.0 Å². The molecule has 1 fully saturated rings. The van der Waals surface area contributed by atoms with Gasteiger partial charge in [-0.3, -0.25) is 9.69 Å². The van der Waals surface area contributed by atoms with E-state index in [-0.39, 0.29) is 11.9 Å². The smallest absolute Gasteiger partial charge is 0.311 e. The van der Waals surface area contributed by atoms with Crippen LogP contribution in [0.15, 0.2) is 22.7 Å². The summed E-state index contributed by atoms with van der Waals surface area (Å²) in [6, 6.07) is 7.04. The molecule has 1 aliphatic carbocycles. The van der Waals surface area contributed by atoms with Gasteiger partial charge in [-0.05, 0) is 43.0 Å². The third-order valence-electron chi connectivity index (χ3n) is 4.12. The molecular weight excluding hydrogens is 306 g/mol. The molecule has 0 spiro atoms. The minimum atomic E-state index is -0.0345. The van der Waals surface area contributed by atoms with Gasteiger partial charge in [-0.25, -0.2) is 0 Å². The van der Waals surface area contributed by atoms with Crippen LogP contribution in [-0.2, 0) is 16.0 Å². The van der Waals surface area contributed by atoms with E-state index in [1.807, 2.05) is 6.92 Å². The summed E-state index contributed by atoms with van der Waals surface area (Å²) in [7, 11) is 0. The van der Waals surface area contributed by atoms with E-state index in [0.29, 0.717) is 12.6 Å². The molecule has 1 atom stereocenters. The molecule has 3 rings (SSSR count). The number of benzene rings is 1.